The van der Waals surface area contributed by atoms with E-state index in [-0.39, 0.29) is 0 Å². The average molecular weight is 264 g/mol. The zero-order valence-electron chi connectivity index (χ0n) is 10.6. The molecular weight excluding hydrogens is 244 g/mol. The van der Waals surface area contributed by atoms with Crippen LogP contribution in [0.4, 0.5) is 5.69 Å². The van der Waals surface area contributed by atoms with Gasteiger partial charge in [0, 0.05) is 35.5 Å². The van der Waals surface area contributed by atoms with E-state index in [9.17, 15) is 0 Å². The van der Waals surface area contributed by atoms with Gasteiger partial charge in [0.2, 0.25) is 0 Å². The van der Waals surface area contributed by atoms with E-state index in [2.05, 4.69) is 28.8 Å². The summed E-state index contributed by atoms with van der Waals surface area (Å²) in [5.74, 6) is 1.18. The van der Waals surface area contributed by atoms with Crippen LogP contribution in [0.3, 0.4) is 0 Å². The second-order valence-electron chi connectivity index (χ2n) is 4.87. The predicted molar refractivity (Wildman–Crippen MR) is 76.6 cm³/mol. The normalized spacial score (nSPS) is 23.2. The highest BCUT2D eigenvalue weighted by Crippen LogP contribution is 2.31. The Hall–Kier alpha value is -0.710. The summed E-state index contributed by atoms with van der Waals surface area (Å²) in [7, 11) is 0. The largest absolute Gasteiger partial charge is 0.383 e. The Balaban J connectivity index is 1.58. The van der Waals surface area contributed by atoms with Gasteiger partial charge in [-0.05, 0) is 30.5 Å². The molecule has 2 aliphatic rings. The highest BCUT2D eigenvalue weighted by molar-refractivity contribution is 7.99. The molecule has 0 aromatic heterocycles. The van der Waals surface area contributed by atoms with Crippen molar-refractivity contribution >= 4 is 17.4 Å². The van der Waals surface area contributed by atoms with Gasteiger partial charge < -0.3 is 15.4 Å². The molecule has 0 radical (unpaired) electrons. The van der Waals surface area contributed by atoms with Gasteiger partial charge in [-0.15, -0.1) is 11.8 Å². The monoisotopic (exact) mass is 264 g/mol. The summed E-state index contributed by atoms with van der Waals surface area (Å²) >= 11 is 1.96. The summed E-state index contributed by atoms with van der Waals surface area (Å²) < 4.78 is 5.48. The van der Waals surface area contributed by atoms with Crippen molar-refractivity contribution in [2.75, 3.05) is 37.4 Å². The summed E-state index contributed by atoms with van der Waals surface area (Å²) in [6.45, 7) is 3.80. The first kappa shape index (κ1) is 12.3. The summed E-state index contributed by atoms with van der Waals surface area (Å²) in [6, 6.07) is 7.35. The third-order valence-electron chi connectivity index (χ3n) is 3.50. The Morgan fingerprint density at radius 3 is 3.22 bits per heavy atom. The fourth-order valence-electron chi connectivity index (χ4n) is 2.48. The maximum Gasteiger partial charge on any atom is 0.0620 e. The third-order valence-corrected chi connectivity index (χ3v) is 4.56. The smallest absolute Gasteiger partial charge is 0.0620 e. The molecule has 1 atom stereocenters. The molecule has 1 aromatic carbocycles. The molecule has 1 saturated heterocycles. The minimum absolute atomic E-state index is 0.528. The van der Waals surface area contributed by atoms with E-state index < -0.39 is 0 Å². The number of benzene rings is 1. The Morgan fingerprint density at radius 2 is 2.33 bits per heavy atom. The maximum absolute atomic E-state index is 5.48. The number of nitrogens with one attached hydrogen (secondary N) is 2. The van der Waals surface area contributed by atoms with Gasteiger partial charge in [0.05, 0.1) is 13.2 Å². The van der Waals surface area contributed by atoms with Crippen molar-refractivity contribution in [3.05, 3.63) is 23.8 Å². The number of thioether (sulfide) groups is 1. The van der Waals surface area contributed by atoms with Crippen LogP contribution in [0.5, 0.6) is 0 Å². The van der Waals surface area contributed by atoms with E-state index in [1.807, 2.05) is 11.8 Å². The van der Waals surface area contributed by atoms with Crippen LogP contribution < -0.4 is 10.6 Å². The molecule has 1 fully saturated rings. The second kappa shape index (κ2) is 5.95. The number of hydrogen-bond acceptors (Lipinski definition) is 4. The van der Waals surface area contributed by atoms with Crippen LogP contribution in [0.2, 0.25) is 0 Å². The van der Waals surface area contributed by atoms with E-state index in [0.29, 0.717) is 6.04 Å². The molecule has 0 bridgehead atoms. The maximum atomic E-state index is 5.48. The number of aryl methyl sites for hydroxylation is 1. The van der Waals surface area contributed by atoms with Gasteiger partial charge in [0.1, 0.15) is 0 Å². The lowest BCUT2D eigenvalue weighted by molar-refractivity contribution is 0.0743. The van der Waals surface area contributed by atoms with Crippen LogP contribution in [-0.4, -0.2) is 38.1 Å². The molecule has 3 nitrogen and oxygen atoms in total. The minimum atomic E-state index is 0.528. The Labute approximate surface area is 113 Å². The fourth-order valence-corrected chi connectivity index (χ4v) is 3.43. The first-order valence-corrected chi connectivity index (χ1v) is 7.71. The molecule has 1 aromatic rings. The molecular formula is C14H20N2OS. The molecule has 0 aliphatic carbocycles. The first-order valence-electron chi connectivity index (χ1n) is 6.72. The van der Waals surface area contributed by atoms with Crippen molar-refractivity contribution in [3.63, 3.8) is 0 Å². The van der Waals surface area contributed by atoms with Crippen molar-refractivity contribution in [3.8, 4) is 0 Å². The lowest BCUT2D eigenvalue weighted by atomic mass is 10.0. The second-order valence-corrected chi connectivity index (χ2v) is 6.01. The molecule has 1 unspecified atom stereocenters. The number of fused-ring (bicyclic) bond motifs is 1. The predicted octanol–water partition coefficient (Wildman–Crippen LogP) is 2.13. The Kier molecular flexibility index (Phi) is 4.08. The van der Waals surface area contributed by atoms with Gasteiger partial charge in [-0.25, -0.2) is 0 Å². The standard InChI is InChI=1S/C14H20N2OS/c1(3-12-10-17-7-5-15-12)11-2-4-13-14(9-11)18-8-6-16-13/h2,4,9,12,15-16H,1,3,5-8,10H2. The van der Waals surface area contributed by atoms with Gasteiger partial charge in [-0.3, -0.25) is 0 Å². The topological polar surface area (TPSA) is 33.3 Å². The van der Waals surface area contributed by atoms with Crippen LogP contribution in [0.15, 0.2) is 23.1 Å². The highest BCUT2D eigenvalue weighted by atomic mass is 32.2. The zero-order chi connectivity index (χ0) is 12.2. The average Bonchev–Trinajstić information content (AvgIpc) is 2.46. The van der Waals surface area contributed by atoms with E-state index >= 15 is 0 Å². The van der Waals surface area contributed by atoms with Gasteiger partial charge in [0.15, 0.2) is 0 Å². The molecule has 3 rings (SSSR count). The summed E-state index contributed by atoms with van der Waals surface area (Å²) in [5.41, 5.74) is 2.74. The summed E-state index contributed by atoms with van der Waals surface area (Å²) in [4.78, 5) is 1.41. The quantitative estimate of drug-likeness (QED) is 0.876. The highest BCUT2D eigenvalue weighted by Gasteiger charge is 2.14. The molecule has 4 heteroatoms. The number of anilines is 1. The van der Waals surface area contributed by atoms with Gasteiger partial charge in [0.25, 0.3) is 0 Å². The van der Waals surface area contributed by atoms with Crippen LogP contribution in [0, 0.1) is 0 Å². The van der Waals surface area contributed by atoms with Gasteiger partial charge >= 0.3 is 0 Å². The third kappa shape index (κ3) is 2.99. The minimum Gasteiger partial charge on any atom is -0.383 e. The molecule has 18 heavy (non-hydrogen) atoms. The van der Waals surface area contributed by atoms with E-state index in [4.69, 9.17) is 4.74 Å². The van der Waals surface area contributed by atoms with Crippen LogP contribution in [0.1, 0.15) is 12.0 Å². The molecule has 0 saturated carbocycles. The number of rotatable bonds is 3. The summed E-state index contributed by atoms with van der Waals surface area (Å²) in [6.07, 6.45) is 2.30. The van der Waals surface area contributed by atoms with Gasteiger partial charge in [-0.2, -0.15) is 0 Å². The Bertz CT molecular complexity index is 405. The van der Waals surface area contributed by atoms with Gasteiger partial charge in [-0.1, -0.05) is 6.07 Å². The van der Waals surface area contributed by atoms with Crippen molar-refractivity contribution in [1.82, 2.24) is 5.32 Å². The zero-order valence-corrected chi connectivity index (χ0v) is 11.4. The molecule has 0 spiro atoms. The van der Waals surface area contributed by atoms with Crippen LogP contribution in [0.25, 0.3) is 0 Å². The van der Waals surface area contributed by atoms with Crippen molar-refractivity contribution in [2.24, 2.45) is 0 Å². The summed E-state index contributed by atoms with van der Waals surface area (Å²) in [5, 5.41) is 6.95. The fraction of sp³-hybridized carbons (Fsp3) is 0.571. The van der Waals surface area contributed by atoms with Crippen LogP contribution in [-0.2, 0) is 11.2 Å². The molecule has 2 N–H and O–H groups in total. The molecule has 2 aliphatic heterocycles. The molecule has 0 amide bonds. The number of ether oxygens (including phenoxy) is 1. The van der Waals surface area contributed by atoms with E-state index in [0.717, 1.165) is 39.1 Å². The lowest BCUT2D eigenvalue weighted by Crippen LogP contribution is -2.41. The van der Waals surface area contributed by atoms with E-state index in [1.54, 1.807) is 0 Å². The Morgan fingerprint density at radius 1 is 1.33 bits per heavy atom. The number of hydrogen-bond donors (Lipinski definition) is 2. The van der Waals surface area contributed by atoms with E-state index in [1.165, 1.54) is 21.9 Å². The SMILES string of the molecule is c1cc2c(cc1CCC1COCCN1)SCCN2. The van der Waals surface area contributed by atoms with Crippen molar-refractivity contribution in [2.45, 2.75) is 23.8 Å². The molecule has 98 valence electrons. The number of morpholine rings is 1. The van der Waals surface area contributed by atoms with Crippen molar-refractivity contribution < 1.29 is 4.74 Å². The lowest BCUT2D eigenvalue weighted by Gasteiger charge is -2.24. The van der Waals surface area contributed by atoms with Crippen molar-refractivity contribution in [1.29, 1.82) is 0 Å². The first-order chi connectivity index (χ1) is 8.92. The van der Waals surface area contributed by atoms with Crippen LogP contribution >= 0.6 is 11.8 Å². The molecule has 2 heterocycles.